The Bertz CT molecular complexity index is 779. The van der Waals surface area contributed by atoms with Crippen molar-refractivity contribution in [3.05, 3.63) is 58.6 Å². The molecule has 0 saturated carbocycles. The van der Waals surface area contributed by atoms with E-state index in [9.17, 15) is 14.7 Å². The number of carbonyl (C=O) groups excluding carboxylic acids is 1. The highest BCUT2D eigenvalue weighted by molar-refractivity contribution is 6.30. The molecule has 0 fully saturated rings. The third-order valence-electron chi connectivity index (χ3n) is 4.35. The number of carboxylic acids is 1. The quantitative estimate of drug-likeness (QED) is 0.885. The predicted octanol–water partition coefficient (Wildman–Crippen LogP) is 2.35. The van der Waals surface area contributed by atoms with E-state index in [-0.39, 0.29) is 24.9 Å². The van der Waals surface area contributed by atoms with Crippen LogP contribution in [0.5, 0.6) is 0 Å². The van der Waals surface area contributed by atoms with Crippen molar-refractivity contribution in [1.29, 1.82) is 0 Å². The molecule has 1 aliphatic carbocycles. The molecule has 25 heavy (non-hydrogen) atoms. The second-order valence-electron chi connectivity index (χ2n) is 6.15. The van der Waals surface area contributed by atoms with Gasteiger partial charge in [0.05, 0.1) is 0 Å². The van der Waals surface area contributed by atoms with Crippen LogP contribution >= 0.6 is 11.6 Å². The van der Waals surface area contributed by atoms with Gasteiger partial charge in [-0.25, -0.2) is 9.97 Å². The lowest BCUT2D eigenvalue weighted by atomic mass is 9.86. The lowest BCUT2D eigenvalue weighted by molar-refractivity contribution is -0.147. The van der Waals surface area contributed by atoms with Crippen LogP contribution in [0.1, 0.15) is 23.2 Å². The maximum absolute atomic E-state index is 12.9. The molecular formula is C18H18ClN3O3. The number of fused-ring (bicyclic) bond motifs is 1. The van der Waals surface area contributed by atoms with Gasteiger partial charge in [0.15, 0.2) is 0 Å². The third-order valence-corrected chi connectivity index (χ3v) is 4.60. The molecule has 1 unspecified atom stereocenters. The second-order valence-corrected chi connectivity index (χ2v) is 6.59. The topological polar surface area (TPSA) is 83.4 Å². The predicted molar refractivity (Wildman–Crippen MR) is 92.1 cm³/mol. The molecule has 7 heteroatoms. The normalized spacial score (nSPS) is 16.1. The van der Waals surface area contributed by atoms with Crippen molar-refractivity contribution in [2.24, 2.45) is 5.92 Å². The van der Waals surface area contributed by atoms with Crippen LogP contribution in [-0.2, 0) is 29.0 Å². The summed E-state index contributed by atoms with van der Waals surface area (Å²) >= 11 is 5.88. The summed E-state index contributed by atoms with van der Waals surface area (Å²) in [7, 11) is 0. The number of rotatable bonds is 5. The van der Waals surface area contributed by atoms with Gasteiger partial charge in [0.2, 0.25) is 5.91 Å². The number of aromatic nitrogens is 2. The minimum absolute atomic E-state index is 0.146. The van der Waals surface area contributed by atoms with Gasteiger partial charge < -0.3 is 10.0 Å². The number of halogens is 1. The minimum Gasteiger partial charge on any atom is -0.480 e. The highest BCUT2D eigenvalue weighted by Crippen LogP contribution is 2.25. The van der Waals surface area contributed by atoms with Crippen molar-refractivity contribution < 1.29 is 14.7 Å². The van der Waals surface area contributed by atoms with Gasteiger partial charge in [-0.1, -0.05) is 23.7 Å². The first kappa shape index (κ1) is 17.4. The number of benzene rings is 1. The van der Waals surface area contributed by atoms with E-state index in [0.29, 0.717) is 24.3 Å². The summed E-state index contributed by atoms with van der Waals surface area (Å²) in [5, 5.41) is 9.78. The standard InChI is InChI=1S/C18H18ClN3O3/c19-15-4-1-12(2-5-15)9-22(10-17(23)24)18(25)13-3-6-16-14(7-13)8-20-11-21-16/h1-2,4-5,8,11,13H,3,6-7,9-10H2,(H,23,24). The Morgan fingerprint density at radius 3 is 2.76 bits per heavy atom. The van der Waals surface area contributed by atoms with Crippen LogP contribution in [0, 0.1) is 5.92 Å². The molecule has 1 aromatic carbocycles. The SMILES string of the molecule is O=C(O)CN(Cc1ccc(Cl)cc1)C(=O)C1CCc2ncncc2C1. The zero-order chi connectivity index (χ0) is 17.8. The number of hydrogen-bond donors (Lipinski definition) is 1. The summed E-state index contributed by atoms with van der Waals surface area (Å²) in [6, 6.07) is 7.06. The van der Waals surface area contributed by atoms with Crippen molar-refractivity contribution in [1.82, 2.24) is 14.9 Å². The Hall–Kier alpha value is -2.47. The first-order valence-electron chi connectivity index (χ1n) is 8.05. The molecule has 0 radical (unpaired) electrons. The molecule has 6 nitrogen and oxygen atoms in total. The van der Waals surface area contributed by atoms with E-state index in [1.54, 1.807) is 30.5 Å². The van der Waals surface area contributed by atoms with Gasteiger partial charge in [0.25, 0.3) is 0 Å². The van der Waals surface area contributed by atoms with Crippen molar-refractivity contribution in [3.63, 3.8) is 0 Å². The van der Waals surface area contributed by atoms with E-state index in [4.69, 9.17) is 11.6 Å². The molecule has 130 valence electrons. The van der Waals surface area contributed by atoms with Crippen molar-refractivity contribution in [3.8, 4) is 0 Å². The van der Waals surface area contributed by atoms with E-state index in [0.717, 1.165) is 16.8 Å². The Morgan fingerprint density at radius 2 is 2.04 bits per heavy atom. The third kappa shape index (κ3) is 4.33. The average molecular weight is 360 g/mol. The van der Waals surface area contributed by atoms with Gasteiger partial charge >= 0.3 is 5.97 Å². The maximum atomic E-state index is 12.9. The summed E-state index contributed by atoms with van der Waals surface area (Å²) in [6.45, 7) is -0.0763. The van der Waals surface area contributed by atoms with Gasteiger partial charge in [-0.05, 0) is 42.5 Å². The van der Waals surface area contributed by atoms with E-state index >= 15 is 0 Å². The first-order valence-corrected chi connectivity index (χ1v) is 8.43. The van der Waals surface area contributed by atoms with E-state index in [1.165, 1.54) is 11.2 Å². The maximum Gasteiger partial charge on any atom is 0.323 e. The van der Waals surface area contributed by atoms with Gasteiger partial charge in [-0.2, -0.15) is 0 Å². The van der Waals surface area contributed by atoms with Crippen LogP contribution in [0.4, 0.5) is 0 Å². The Morgan fingerprint density at radius 1 is 1.28 bits per heavy atom. The fourth-order valence-electron chi connectivity index (χ4n) is 3.11. The molecule has 1 aliphatic rings. The lowest BCUT2D eigenvalue weighted by Crippen LogP contribution is -2.41. The number of aliphatic carboxylic acids is 1. The fourth-order valence-corrected chi connectivity index (χ4v) is 3.24. The molecular weight excluding hydrogens is 342 g/mol. The minimum atomic E-state index is -1.03. The molecule has 0 bridgehead atoms. The molecule has 0 spiro atoms. The Kier molecular flexibility index (Phi) is 5.28. The van der Waals surface area contributed by atoms with Crippen molar-refractivity contribution in [2.45, 2.75) is 25.8 Å². The summed E-state index contributed by atoms with van der Waals surface area (Å²) < 4.78 is 0. The summed E-state index contributed by atoms with van der Waals surface area (Å²) in [5.41, 5.74) is 2.79. The molecule has 1 aromatic heterocycles. The largest absolute Gasteiger partial charge is 0.480 e. The molecule has 0 saturated heterocycles. The van der Waals surface area contributed by atoms with E-state index in [2.05, 4.69) is 9.97 Å². The molecule has 1 N–H and O–H groups in total. The van der Waals surface area contributed by atoms with Crippen LogP contribution in [0.15, 0.2) is 36.8 Å². The fraction of sp³-hybridized carbons (Fsp3) is 0.333. The number of carboxylic acid groups (broad SMARTS) is 1. The number of hydrogen-bond acceptors (Lipinski definition) is 4. The number of amides is 1. The summed E-state index contributed by atoms with van der Waals surface area (Å²) in [6.07, 6.45) is 5.17. The van der Waals surface area contributed by atoms with Gasteiger partial charge in [-0.15, -0.1) is 0 Å². The zero-order valence-electron chi connectivity index (χ0n) is 13.6. The number of nitrogens with zero attached hydrogens (tertiary/aromatic N) is 3. The molecule has 3 rings (SSSR count). The average Bonchev–Trinajstić information content (AvgIpc) is 2.61. The molecule has 1 atom stereocenters. The Labute approximate surface area is 150 Å². The lowest BCUT2D eigenvalue weighted by Gasteiger charge is -2.29. The van der Waals surface area contributed by atoms with Crippen LogP contribution in [0.25, 0.3) is 0 Å². The van der Waals surface area contributed by atoms with E-state index in [1.807, 2.05) is 0 Å². The van der Waals surface area contributed by atoms with Crippen molar-refractivity contribution >= 4 is 23.5 Å². The molecule has 1 heterocycles. The molecule has 0 aliphatic heterocycles. The highest BCUT2D eigenvalue weighted by Gasteiger charge is 2.30. The molecule has 1 amide bonds. The second kappa shape index (κ2) is 7.61. The Balaban J connectivity index is 1.75. The summed E-state index contributed by atoms with van der Waals surface area (Å²) in [4.78, 5) is 33.8. The van der Waals surface area contributed by atoms with Gasteiger partial charge in [0, 0.05) is 29.4 Å². The monoisotopic (exact) mass is 359 g/mol. The van der Waals surface area contributed by atoms with Crippen molar-refractivity contribution in [2.75, 3.05) is 6.54 Å². The van der Waals surface area contributed by atoms with Gasteiger partial charge in [-0.3, -0.25) is 9.59 Å². The van der Waals surface area contributed by atoms with Gasteiger partial charge in [0.1, 0.15) is 12.9 Å². The van der Waals surface area contributed by atoms with Crippen LogP contribution in [0.3, 0.4) is 0 Å². The summed E-state index contributed by atoms with van der Waals surface area (Å²) in [5.74, 6) is -1.42. The van der Waals surface area contributed by atoms with E-state index < -0.39 is 5.97 Å². The smallest absolute Gasteiger partial charge is 0.323 e. The zero-order valence-corrected chi connectivity index (χ0v) is 14.3. The van der Waals surface area contributed by atoms with Crippen LogP contribution in [0.2, 0.25) is 5.02 Å². The highest BCUT2D eigenvalue weighted by atomic mass is 35.5. The first-order chi connectivity index (χ1) is 12.0. The number of carbonyl (C=O) groups is 2. The number of aryl methyl sites for hydroxylation is 1. The van der Waals surface area contributed by atoms with Crippen LogP contribution < -0.4 is 0 Å². The van der Waals surface area contributed by atoms with Crippen LogP contribution in [-0.4, -0.2) is 38.4 Å². The molecule has 2 aromatic rings.